The van der Waals surface area contributed by atoms with Gasteiger partial charge in [-0.05, 0) is 20.8 Å². The molecule has 0 atom stereocenters. The minimum absolute atomic E-state index is 0.0562. The Hall–Kier alpha value is -0.620. The molecule has 0 fully saturated rings. The van der Waals surface area contributed by atoms with Gasteiger partial charge in [-0.1, -0.05) is 23.1 Å². The third kappa shape index (κ3) is 4.06. The number of thioether (sulfide) groups is 1. The van der Waals surface area contributed by atoms with E-state index in [1.807, 2.05) is 20.8 Å². The molecule has 0 spiro atoms. The van der Waals surface area contributed by atoms with E-state index in [2.05, 4.69) is 10.2 Å². The maximum Gasteiger partial charge on any atom is 0.316 e. The van der Waals surface area contributed by atoms with Gasteiger partial charge in [0.1, 0.15) is 5.01 Å². The third-order valence-corrected chi connectivity index (χ3v) is 3.13. The van der Waals surface area contributed by atoms with Crippen molar-refractivity contribution in [2.75, 3.05) is 5.75 Å². The molecule has 1 aromatic heterocycles. The van der Waals surface area contributed by atoms with E-state index in [0.717, 1.165) is 9.35 Å². The van der Waals surface area contributed by atoms with Crippen LogP contribution in [0.4, 0.5) is 0 Å². The van der Waals surface area contributed by atoms with Gasteiger partial charge in [0.15, 0.2) is 4.34 Å². The first kappa shape index (κ1) is 11.5. The zero-order chi connectivity index (χ0) is 10.6. The van der Waals surface area contributed by atoms with E-state index in [0.29, 0.717) is 5.75 Å². The molecule has 0 saturated heterocycles. The van der Waals surface area contributed by atoms with E-state index in [-0.39, 0.29) is 12.1 Å². The molecule has 1 heterocycles. The lowest BCUT2D eigenvalue weighted by atomic mass is 10.5. The second kappa shape index (κ2) is 5.31. The lowest BCUT2D eigenvalue weighted by Gasteiger charge is -2.05. The standard InChI is InChI=1S/C8H12N2O2S2/c1-5(2)12-7(11)4-13-8-10-9-6(3)14-8/h5H,4H2,1-3H3. The quantitative estimate of drug-likeness (QED) is 0.586. The van der Waals surface area contributed by atoms with E-state index in [1.165, 1.54) is 23.1 Å². The molecule has 0 aliphatic heterocycles. The van der Waals surface area contributed by atoms with Gasteiger partial charge in [-0.25, -0.2) is 0 Å². The van der Waals surface area contributed by atoms with Gasteiger partial charge in [0, 0.05) is 0 Å². The van der Waals surface area contributed by atoms with Crippen molar-refractivity contribution in [1.82, 2.24) is 10.2 Å². The summed E-state index contributed by atoms with van der Waals surface area (Å²) >= 11 is 2.84. The van der Waals surface area contributed by atoms with Gasteiger partial charge in [0.2, 0.25) is 0 Å². The Bertz CT molecular complexity index is 312. The molecule has 0 aliphatic rings. The average Bonchev–Trinajstić information content (AvgIpc) is 2.47. The molecule has 14 heavy (non-hydrogen) atoms. The predicted molar refractivity (Wildman–Crippen MR) is 56.6 cm³/mol. The topological polar surface area (TPSA) is 52.1 Å². The summed E-state index contributed by atoms with van der Waals surface area (Å²) in [5.74, 6) is 0.0881. The van der Waals surface area contributed by atoms with Gasteiger partial charge in [0.25, 0.3) is 0 Å². The number of ether oxygens (including phenoxy) is 1. The molecule has 6 heteroatoms. The molecule has 0 saturated carbocycles. The summed E-state index contributed by atoms with van der Waals surface area (Å²) in [6, 6.07) is 0. The van der Waals surface area contributed by atoms with E-state index in [4.69, 9.17) is 4.74 Å². The van der Waals surface area contributed by atoms with Crippen molar-refractivity contribution >= 4 is 29.1 Å². The second-order valence-electron chi connectivity index (χ2n) is 2.91. The van der Waals surface area contributed by atoms with Crippen molar-refractivity contribution < 1.29 is 9.53 Å². The normalized spacial score (nSPS) is 10.6. The number of carbonyl (C=O) groups excluding carboxylic acids is 1. The first-order valence-corrected chi connectivity index (χ1v) is 6.00. The maximum atomic E-state index is 11.1. The fraction of sp³-hybridized carbons (Fsp3) is 0.625. The Morgan fingerprint density at radius 2 is 2.29 bits per heavy atom. The molecule has 0 aliphatic carbocycles. The van der Waals surface area contributed by atoms with Gasteiger partial charge in [0.05, 0.1) is 11.9 Å². The molecule has 0 N–H and O–H groups in total. The van der Waals surface area contributed by atoms with Crippen LogP contribution < -0.4 is 0 Å². The van der Waals surface area contributed by atoms with E-state index in [1.54, 1.807) is 0 Å². The predicted octanol–water partition coefficient (Wildman–Crippen LogP) is 1.89. The fourth-order valence-electron chi connectivity index (χ4n) is 0.754. The van der Waals surface area contributed by atoms with Crippen LogP contribution in [-0.2, 0) is 9.53 Å². The van der Waals surface area contributed by atoms with Crippen LogP contribution in [0.1, 0.15) is 18.9 Å². The first-order chi connectivity index (χ1) is 6.58. The zero-order valence-corrected chi connectivity index (χ0v) is 9.94. The molecule has 0 amide bonds. The number of hydrogen-bond donors (Lipinski definition) is 0. The third-order valence-electron chi connectivity index (χ3n) is 1.19. The summed E-state index contributed by atoms with van der Waals surface area (Å²) in [7, 11) is 0. The molecule has 4 nitrogen and oxygen atoms in total. The number of aryl methyl sites for hydroxylation is 1. The molecule has 0 unspecified atom stereocenters. The van der Waals surface area contributed by atoms with E-state index in [9.17, 15) is 4.79 Å². The van der Waals surface area contributed by atoms with Crippen molar-refractivity contribution in [2.24, 2.45) is 0 Å². The number of esters is 1. The molecule has 0 radical (unpaired) electrons. The molecule has 1 aromatic rings. The minimum atomic E-state index is -0.210. The highest BCUT2D eigenvalue weighted by molar-refractivity contribution is 8.01. The van der Waals surface area contributed by atoms with Crippen molar-refractivity contribution in [3.63, 3.8) is 0 Å². The summed E-state index contributed by atoms with van der Waals surface area (Å²) in [5, 5.41) is 8.65. The Morgan fingerprint density at radius 1 is 1.57 bits per heavy atom. The molecule has 0 aromatic carbocycles. The lowest BCUT2D eigenvalue weighted by Crippen LogP contribution is -2.13. The van der Waals surface area contributed by atoms with Crippen LogP contribution in [-0.4, -0.2) is 28.0 Å². The Labute approximate surface area is 91.1 Å². The van der Waals surface area contributed by atoms with Crippen LogP contribution in [0.15, 0.2) is 4.34 Å². The monoisotopic (exact) mass is 232 g/mol. The van der Waals surface area contributed by atoms with Crippen LogP contribution in [0.5, 0.6) is 0 Å². The lowest BCUT2D eigenvalue weighted by molar-refractivity contribution is -0.144. The summed E-state index contributed by atoms with van der Waals surface area (Å²) in [4.78, 5) is 11.1. The minimum Gasteiger partial charge on any atom is -0.462 e. The highest BCUT2D eigenvalue weighted by Gasteiger charge is 2.08. The van der Waals surface area contributed by atoms with Crippen molar-refractivity contribution in [3.8, 4) is 0 Å². The number of hydrogen-bond acceptors (Lipinski definition) is 6. The fourth-order valence-corrected chi connectivity index (χ4v) is 2.35. The van der Waals surface area contributed by atoms with Gasteiger partial charge in [-0.3, -0.25) is 4.79 Å². The van der Waals surface area contributed by atoms with Crippen LogP contribution in [0.3, 0.4) is 0 Å². The van der Waals surface area contributed by atoms with E-state index < -0.39 is 0 Å². The van der Waals surface area contributed by atoms with Gasteiger partial charge >= 0.3 is 5.97 Å². The van der Waals surface area contributed by atoms with Crippen molar-refractivity contribution in [2.45, 2.75) is 31.2 Å². The largest absolute Gasteiger partial charge is 0.462 e. The van der Waals surface area contributed by atoms with Gasteiger partial charge in [-0.15, -0.1) is 10.2 Å². The molecule has 78 valence electrons. The highest BCUT2D eigenvalue weighted by Crippen LogP contribution is 2.21. The summed E-state index contributed by atoms with van der Waals surface area (Å²) in [5.41, 5.74) is 0. The second-order valence-corrected chi connectivity index (χ2v) is 5.32. The maximum absolute atomic E-state index is 11.1. The smallest absolute Gasteiger partial charge is 0.316 e. The number of aromatic nitrogens is 2. The first-order valence-electron chi connectivity index (χ1n) is 4.20. The average molecular weight is 232 g/mol. The van der Waals surface area contributed by atoms with Gasteiger partial charge in [-0.2, -0.15) is 0 Å². The highest BCUT2D eigenvalue weighted by atomic mass is 32.2. The van der Waals surface area contributed by atoms with Crippen LogP contribution in [0.2, 0.25) is 0 Å². The molecular weight excluding hydrogens is 220 g/mol. The summed E-state index contributed by atoms with van der Waals surface area (Å²) in [6.07, 6.45) is -0.0562. The number of nitrogens with zero attached hydrogens (tertiary/aromatic N) is 2. The van der Waals surface area contributed by atoms with Crippen LogP contribution >= 0.6 is 23.1 Å². The van der Waals surface area contributed by atoms with Crippen molar-refractivity contribution in [3.05, 3.63) is 5.01 Å². The van der Waals surface area contributed by atoms with Gasteiger partial charge < -0.3 is 4.74 Å². The number of rotatable bonds is 4. The van der Waals surface area contributed by atoms with Crippen LogP contribution in [0.25, 0.3) is 0 Å². The zero-order valence-electron chi connectivity index (χ0n) is 8.31. The summed E-state index contributed by atoms with van der Waals surface area (Å²) in [6.45, 7) is 5.55. The SMILES string of the molecule is Cc1nnc(SCC(=O)OC(C)C)s1. The number of carbonyl (C=O) groups is 1. The molecule has 0 bridgehead atoms. The molecule has 1 rings (SSSR count). The summed E-state index contributed by atoms with van der Waals surface area (Å²) < 4.78 is 5.78. The molecular formula is C8H12N2O2S2. The van der Waals surface area contributed by atoms with Crippen molar-refractivity contribution in [1.29, 1.82) is 0 Å². The Kier molecular flexibility index (Phi) is 4.34. The Morgan fingerprint density at radius 3 is 2.79 bits per heavy atom. The Balaban J connectivity index is 2.30. The van der Waals surface area contributed by atoms with E-state index >= 15 is 0 Å². The van der Waals surface area contributed by atoms with Crippen LogP contribution in [0, 0.1) is 6.92 Å².